The first-order valence-corrected chi connectivity index (χ1v) is 14.0. The average molecular weight is 487 g/mol. The molecule has 1 N–H and O–H groups in total. The van der Waals surface area contributed by atoms with Crippen molar-refractivity contribution in [2.45, 2.75) is 56.9 Å². The van der Waals surface area contributed by atoms with Crippen LogP contribution in [0.3, 0.4) is 0 Å². The highest BCUT2D eigenvalue weighted by atomic mass is 32.2. The van der Waals surface area contributed by atoms with Gasteiger partial charge in [0.15, 0.2) is 0 Å². The largest absolute Gasteiger partial charge is 0.309 e. The second-order valence-electron chi connectivity index (χ2n) is 9.11. The number of piperazine rings is 1. The fourth-order valence-corrected chi connectivity index (χ4v) is 7.52. The van der Waals surface area contributed by atoms with E-state index in [1.165, 1.54) is 10.4 Å². The molecule has 0 amide bonds. The number of fused-ring (bicyclic) bond motifs is 3. The normalized spacial score (nSPS) is 18.6. The Morgan fingerprint density at radius 3 is 2.55 bits per heavy atom. The number of benzene rings is 1. The molecule has 1 atom stereocenters. The molecule has 7 nitrogen and oxygen atoms in total. The van der Waals surface area contributed by atoms with Crippen LogP contribution in [0.1, 0.15) is 54.4 Å². The number of thiophene rings is 1. The Morgan fingerprint density at radius 1 is 1.12 bits per heavy atom. The van der Waals surface area contributed by atoms with Crippen molar-refractivity contribution >= 4 is 31.6 Å². The first-order valence-electron chi connectivity index (χ1n) is 11.7. The summed E-state index contributed by atoms with van der Waals surface area (Å²) in [6.07, 6.45) is 4.15. The van der Waals surface area contributed by atoms with Crippen LogP contribution in [0.2, 0.25) is 0 Å². The van der Waals surface area contributed by atoms with Gasteiger partial charge in [-0.1, -0.05) is 26.0 Å². The maximum absolute atomic E-state index is 13.1. The summed E-state index contributed by atoms with van der Waals surface area (Å²) in [5.74, 6) is 1.07. The molecule has 1 unspecified atom stereocenters. The summed E-state index contributed by atoms with van der Waals surface area (Å²) >= 11 is 1.64. The summed E-state index contributed by atoms with van der Waals surface area (Å²) in [5.41, 5.74) is 2.30. The van der Waals surface area contributed by atoms with Gasteiger partial charge in [0, 0.05) is 31.1 Å². The van der Waals surface area contributed by atoms with Crippen LogP contribution in [-0.2, 0) is 29.4 Å². The van der Waals surface area contributed by atoms with Gasteiger partial charge in [-0.05, 0) is 54.9 Å². The Hall–Kier alpha value is -2.07. The van der Waals surface area contributed by atoms with Gasteiger partial charge in [0.25, 0.3) is 5.56 Å². The van der Waals surface area contributed by atoms with Crippen LogP contribution in [0.4, 0.5) is 0 Å². The van der Waals surface area contributed by atoms with Crippen LogP contribution in [-0.4, -0.2) is 53.8 Å². The molecule has 1 saturated heterocycles. The molecular weight excluding hydrogens is 456 g/mol. The molecule has 33 heavy (non-hydrogen) atoms. The summed E-state index contributed by atoms with van der Waals surface area (Å²) in [5, 5.41) is 0.770. The fraction of sp³-hybridized carbons (Fsp3) is 0.500. The summed E-state index contributed by atoms with van der Waals surface area (Å²) in [6.45, 7) is 6.86. The maximum atomic E-state index is 13.1. The third-order valence-corrected chi connectivity index (χ3v) is 10.1. The molecule has 3 aromatic rings. The van der Waals surface area contributed by atoms with Gasteiger partial charge in [-0.25, -0.2) is 13.4 Å². The minimum Gasteiger partial charge on any atom is -0.309 e. The number of hydrogen-bond acceptors (Lipinski definition) is 6. The van der Waals surface area contributed by atoms with Crippen LogP contribution in [0.5, 0.6) is 0 Å². The lowest BCUT2D eigenvalue weighted by Gasteiger charge is -2.33. The number of aryl methyl sites for hydroxylation is 2. The fourth-order valence-electron chi connectivity index (χ4n) is 4.81. The van der Waals surface area contributed by atoms with Gasteiger partial charge >= 0.3 is 0 Å². The maximum Gasteiger partial charge on any atom is 0.259 e. The molecule has 176 valence electrons. The molecule has 3 heterocycles. The Labute approximate surface area is 198 Å². The molecule has 5 rings (SSSR count). The predicted octanol–water partition coefficient (Wildman–Crippen LogP) is 3.49. The molecule has 1 aliphatic carbocycles. The average Bonchev–Trinajstić information content (AvgIpc) is 3.40. The summed E-state index contributed by atoms with van der Waals surface area (Å²) in [7, 11) is -3.51. The SMILES string of the molecule is CCC(C)c1ccc(S(=O)(=O)N2CCN(Cc3nc4sc5c(c4c(=O)[nH]3)CCC5)CC2)cc1. The van der Waals surface area contributed by atoms with Crippen molar-refractivity contribution in [2.24, 2.45) is 0 Å². The highest BCUT2D eigenvalue weighted by molar-refractivity contribution is 7.89. The molecule has 0 spiro atoms. The van der Waals surface area contributed by atoms with Crippen LogP contribution in [0.25, 0.3) is 10.2 Å². The zero-order valence-electron chi connectivity index (χ0n) is 19.1. The van der Waals surface area contributed by atoms with E-state index in [4.69, 9.17) is 4.98 Å². The zero-order valence-corrected chi connectivity index (χ0v) is 20.8. The van der Waals surface area contributed by atoms with Crippen LogP contribution in [0, 0.1) is 0 Å². The summed E-state index contributed by atoms with van der Waals surface area (Å²) < 4.78 is 27.8. The monoisotopic (exact) mass is 486 g/mol. The standard InChI is InChI=1S/C24H30N4O3S2/c1-3-16(2)17-7-9-18(10-8-17)33(30,31)28-13-11-27(12-14-28)15-21-25-23(29)22-19-5-4-6-20(19)32-24(22)26-21/h7-10,16H,3-6,11-15H2,1-2H3,(H,25,26,29). The van der Waals surface area contributed by atoms with E-state index in [0.29, 0.717) is 49.4 Å². The number of hydrogen-bond donors (Lipinski definition) is 1. The molecule has 0 bridgehead atoms. The third kappa shape index (κ3) is 4.27. The first kappa shape index (κ1) is 22.7. The Balaban J connectivity index is 1.25. The molecule has 1 fully saturated rings. The van der Waals surface area contributed by atoms with Crippen LogP contribution in [0.15, 0.2) is 34.0 Å². The number of sulfonamides is 1. The minimum atomic E-state index is -3.51. The van der Waals surface area contributed by atoms with E-state index >= 15 is 0 Å². The van der Waals surface area contributed by atoms with E-state index in [1.54, 1.807) is 27.8 Å². The quantitative estimate of drug-likeness (QED) is 0.576. The predicted molar refractivity (Wildman–Crippen MR) is 131 cm³/mol. The molecular formula is C24H30N4O3S2. The number of nitrogens with one attached hydrogen (secondary N) is 1. The Morgan fingerprint density at radius 2 is 1.85 bits per heavy atom. The topological polar surface area (TPSA) is 86.4 Å². The lowest BCUT2D eigenvalue weighted by molar-refractivity contribution is 0.178. The van der Waals surface area contributed by atoms with Gasteiger partial charge in [0.1, 0.15) is 10.7 Å². The molecule has 0 radical (unpaired) electrons. The number of aromatic amines is 1. The third-order valence-electron chi connectivity index (χ3n) is 7.03. The molecule has 0 saturated carbocycles. The zero-order chi connectivity index (χ0) is 23.2. The molecule has 2 aliphatic rings. The molecule has 9 heteroatoms. The second kappa shape index (κ2) is 8.94. The van der Waals surface area contributed by atoms with Crippen LogP contribution >= 0.6 is 11.3 Å². The van der Waals surface area contributed by atoms with Gasteiger partial charge in [-0.2, -0.15) is 4.31 Å². The van der Waals surface area contributed by atoms with Crippen molar-refractivity contribution in [3.8, 4) is 0 Å². The van der Waals surface area contributed by atoms with Gasteiger partial charge in [0.05, 0.1) is 16.8 Å². The number of aromatic nitrogens is 2. The molecule has 1 aliphatic heterocycles. The lowest BCUT2D eigenvalue weighted by Crippen LogP contribution is -2.48. The van der Waals surface area contributed by atoms with E-state index in [1.807, 2.05) is 12.1 Å². The van der Waals surface area contributed by atoms with E-state index in [0.717, 1.165) is 41.5 Å². The highest BCUT2D eigenvalue weighted by Gasteiger charge is 2.29. The van der Waals surface area contributed by atoms with Crippen molar-refractivity contribution in [2.75, 3.05) is 26.2 Å². The van der Waals surface area contributed by atoms with Crippen molar-refractivity contribution in [3.05, 3.63) is 56.4 Å². The Kier molecular flexibility index (Phi) is 6.15. The summed E-state index contributed by atoms with van der Waals surface area (Å²) in [6, 6.07) is 7.31. The Bertz CT molecular complexity index is 1320. The second-order valence-corrected chi connectivity index (χ2v) is 12.1. The highest BCUT2D eigenvalue weighted by Crippen LogP contribution is 2.34. The first-order chi connectivity index (χ1) is 15.9. The van der Waals surface area contributed by atoms with Gasteiger partial charge in [-0.15, -0.1) is 11.3 Å². The van der Waals surface area contributed by atoms with Crippen LogP contribution < -0.4 is 5.56 Å². The van der Waals surface area contributed by atoms with Crippen molar-refractivity contribution in [1.29, 1.82) is 0 Å². The smallest absolute Gasteiger partial charge is 0.259 e. The minimum absolute atomic E-state index is 0.0450. The van der Waals surface area contributed by atoms with E-state index in [-0.39, 0.29) is 5.56 Å². The van der Waals surface area contributed by atoms with Gasteiger partial charge in [-0.3, -0.25) is 9.69 Å². The summed E-state index contributed by atoms with van der Waals surface area (Å²) in [4.78, 5) is 25.0. The molecule has 2 aromatic heterocycles. The van der Waals surface area contributed by atoms with Crippen molar-refractivity contribution in [3.63, 3.8) is 0 Å². The van der Waals surface area contributed by atoms with E-state index < -0.39 is 10.0 Å². The van der Waals surface area contributed by atoms with E-state index in [9.17, 15) is 13.2 Å². The van der Waals surface area contributed by atoms with Crippen molar-refractivity contribution < 1.29 is 8.42 Å². The van der Waals surface area contributed by atoms with E-state index in [2.05, 4.69) is 23.7 Å². The van der Waals surface area contributed by atoms with Gasteiger partial charge in [0.2, 0.25) is 10.0 Å². The van der Waals surface area contributed by atoms with Crippen molar-refractivity contribution in [1.82, 2.24) is 19.2 Å². The number of nitrogens with zero attached hydrogens (tertiary/aromatic N) is 3. The number of rotatable bonds is 6. The molecule has 1 aromatic carbocycles. The lowest BCUT2D eigenvalue weighted by atomic mass is 9.99. The number of H-pyrrole nitrogens is 1. The van der Waals surface area contributed by atoms with Gasteiger partial charge < -0.3 is 4.98 Å².